The Morgan fingerprint density at radius 1 is 1.13 bits per heavy atom. The summed E-state index contributed by atoms with van der Waals surface area (Å²) in [5, 5.41) is 3.47. The van der Waals surface area contributed by atoms with Crippen LogP contribution < -0.4 is 14.9 Å². The number of pyridine rings is 1. The van der Waals surface area contributed by atoms with E-state index in [1.165, 1.54) is 12.1 Å². The molecule has 0 radical (unpaired) electrons. The van der Waals surface area contributed by atoms with Crippen LogP contribution in [0.15, 0.2) is 58.0 Å². The van der Waals surface area contributed by atoms with E-state index in [2.05, 4.69) is 33.8 Å². The molecular formula is C22H25FN4O3S. The average molecular weight is 445 g/mol. The van der Waals surface area contributed by atoms with E-state index < -0.39 is 15.8 Å². The number of halogens is 1. The quantitative estimate of drug-likeness (QED) is 0.623. The number of hydrogen-bond acceptors (Lipinski definition) is 6. The third-order valence-electron chi connectivity index (χ3n) is 5.16. The van der Waals surface area contributed by atoms with Crippen LogP contribution in [0.5, 0.6) is 0 Å². The third kappa shape index (κ3) is 4.72. The Morgan fingerprint density at radius 2 is 1.87 bits per heavy atom. The van der Waals surface area contributed by atoms with Gasteiger partial charge in [-0.05, 0) is 57.2 Å². The largest absolute Gasteiger partial charge is 0.461 e. The van der Waals surface area contributed by atoms with Gasteiger partial charge in [0.1, 0.15) is 23.2 Å². The summed E-state index contributed by atoms with van der Waals surface area (Å²) in [5.74, 6) is 0.498. The predicted molar refractivity (Wildman–Crippen MR) is 118 cm³/mol. The van der Waals surface area contributed by atoms with Gasteiger partial charge in [0.15, 0.2) is 0 Å². The Labute approximate surface area is 181 Å². The number of piperazine rings is 1. The van der Waals surface area contributed by atoms with Crippen LogP contribution in [0.1, 0.15) is 19.6 Å². The molecule has 7 nitrogen and oxygen atoms in total. The van der Waals surface area contributed by atoms with Crippen molar-refractivity contribution in [3.05, 3.63) is 60.2 Å². The second-order valence-electron chi connectivity index (χ2n) is 7.93. The number of anilines is 2. The molecule has 3 heterocycles. The van der Waals surface area contributed by atoms with Crippen LogP contribution in [-0.2, 0) is 10.0 Å². The van der Waals surface area contributed by atoms with Crippen LogP contribution in [-0.4, -0.2) is 38.6 Å². The fourth-order valence-corrected chi connectivity index (χ4v) is 4.86. The summed E-state index contributed by atoms with van der Waals surface area (Å²) in [6.45, 7) is 7.58. The molecule has 0 saturated carbocycles. The molecule has 9 heteroatoms. The maximum Gasteiger partial charge on any atom is 0.263 e. The fourth-order valence-electron chi connectivity index (χ4n) is 3.85. The summed E-state index contributed by atoms with van der Waals surface area (Å²) in [4.78, 5) is 6.13. The number of sulfonamides is 1. The van der Waals surface area contributed by atoms with Crippen molar-refractivity contribution in [2.24, 2.45) is 0 Å². The van der Waals surface area contributed by atoms with Gasteiger partial charge in [-0.15, -0.1) is 0 Å². The lowest BCUT2D eigenvalue weighted by Crippen LogP contribution is -2.54. The van der Waals surface area contributed by atoms with E-state index in [1.54, 1.807) is 31.3 Å². The smallest absolute Gasteiger partial charge is 0.263 e. The molecular weight excluding hydrogens is 419 g/mol. The monoisotopic (exact) mass is 444 g/mol. The van der Waals surface area contributed by atoms with Crippen molar-refractivity contribution in [2.75, 3.05) is 22.7 Å². The molecule has 1 fully saturated rings. The van der Waals surface area contributed by atoms with Crippen molar-refractivity contribution >= 4 is 21.5 Å². The van der Waals surface area contributed by atoms with Crippen LogP contribution in [0.4, 0.5) is 15.9 Å². The highest BCUT2D eigenvalue weighted by molar-refractivity contribution is 7.92. The molecule has 0 unspecified atom stereocenters. The highest BCUT2D eigenvalue weighted by Crippen LogP contribution is 2.28. The van der Waals surface area contributed by atoms with E-state index in [4.69, 9.17) is 4.42 Å². The number of benzene rings is 1. The van der Waals surface area contributed by atoms with Gasteiger partial charge in [-0.25, -0.2) is 17.8 Å². The summed E-state index contributed by atoms with van der Waals surface area (Å²) in [6, 6.07) is 11.3. The zero-order chi connectivity index (χ0) is 22.2. The molecule has 1 saturated heterocycles. The highest BCUT2D eigenvalue weighted by Gasteiger charge is 2.23. The first-order valence-electron chi connectivity index (χ1n) is 10.1. The molecule has 3 aromatic rings. The minimum Gasteiger partial charge on any atom is -0.461 e. The van der Waals surface area contributed by atoms with Gasteiger partial charge >= 0.3 is 0 Å². The maximum atomic E-state index is 14.6. The number of nitrogens with zero attached hydrogens (tertiary/aromatic N) is 2. The summed E-state index contributed by atoms with van der Waals surface area (Å²) < 4.78 is 48.2. The number of aromatic nitrogens is 1. The Morgan fingerprint density at radius 3 is 2.52 bits per heavy atom. The first kappa shape index (κ1) is 21.3. The van der Waals surface area contributed by atoms with Gasteiger partial charge in [0.05, 0.1) is 10.5 Å². The zero-order valence-electron chi connectivity index (χ0n) is 17.6. The van der Waals surface area contributed by atoms with Gasteiger partial charge in [-0.2, -0.15) is 0 Å². The highest BCUT2D eigenvalue weighted by atomic mass is 32.2. The van der Waals surface area contributed by atoms with Gasteiger partial charge in [-0.3, -0.25) is 4.72 Å². The van der Waals surface area contributed by atoms with Crippen molar-refractivity contribution in [3.8, 4) is 11.3 Å². The van der Waals surface area contributed by atoms with Crippen molar-refractivity contribution in [1.82, 2.24) is 10.3 Å². The molecule has 0 aliphatic carbocycles. The normalized spacial score (nSPS) is 19.4. The fraction of sp³-hybridized carbons (Fsp3) is 0.318. The topological polar surface area (TPSA) is 87.5 Å². The summed E-state index contributed by atoms with van der Waals surface area (Å²) in [6.07, 6.45) is 1.56. The van der Waals surface area contributed by atoms with Gasteiger partial charge in [-0.1, -0.05) is 0 Å². The van der Waals surface area contributed by atoms with E-state index >= 15 is 0 Å². The average Bonchev–Trinajstić information content (AvgIpc) is 3.13. The lowest BCUT2D eigenvalue weighted by atomic mass is 10.1. The van der Waals surface area contributed by atoms with Crippen LogP contribution in [0, 0.1) is 12.7 Å². The van der Waals surface area contributed by atoms with Crippen molar-refractivity contribution in [3.63, 3.8) is 0 Å². The molecule has 2 aromatic heterocycles. The Kier molecular flexibility index (Phi) is 5.72. The van der Waals surface area contributed by atoms with Gasteiger partial charge in [0.2, 0.25) is 0 Å². The predicted octanol–water partition coefficient (Wildman–Crippen LogP) is 3.78. The van der Waals surface area contributed by atoms with Crippen LogP contribution in [0.25, 0.3) is 11.3 Å². The molecule has 0 bridgehead atoms. The van der Waals surface area contributed by atoms with Crippen LogP contribution >= 0.6 is 0 Å². The molecule has 164 valence electrons. The molecule has 31 heavy (non-hydrogen) atoms. The van der Waals surface area contributed by atoms with E-state index in [-0.39, 0.29) is 16.3 Å². The van der Waals surface area contributed by atoms with E-state index in [1.807, 2.05) is 6.07 Å². The van der Waals surface area contributed by atoms with Crippen molar-refractivity contribution in [2.45, 2.75) is 37.8 Å². The molecule has 1 aromatic carbocycles. The van der Waals surface area contributed by atoms with Crippen molar-refractivity contribution < 1.29 is 17.2 Å². The standard InChI is InChI=1S/C22H25FN4O3S/c1-14-12-27(13-15(2)25-14)17-8-9-24-22(10-17)26-31(28,29)18-5-6-19(20(23)11-18)21-7-4-16(3)30-21/h4-11,14-15,25H,12-13H2,1-3H3,(H,24,26)/t14-,15+. The number of hydrogen-bond donors (Lipinski definition) is 2. The van der Waals surface area contributed by atoms with E-state index in [9.17, 15) is 12.8 Å². The van der Waals surface area contributed by atoms with E-state index in [0.717, 1.165) is 24.8 Å². The second kappa shape index (κ2) is 8.32. The minimum atomic E-state index is -4.01. The summed E-state index contributed by atoms with van der Waals surface area (Å²) in [7, 11) is -4.01. The third-order valence-corrected chi connectivity index (χ3v) is 6.51. The number of rotatable bonds is 5. The Balaban J connectivity index is 1.56. The van der Waals surface area contributed by atoms with Crippen molar-refractivity contribution in [1.29, 1.82) is 0 Å². The molecule has 2 N–H and O–H groups in total. The first-order chi connectivity index (χ1) is 14.7. The Hall–Kier alpha value is -2.91. The first-order valence-corrected chi connectivity index (χ1v) is 11.6. The second-order valence-corrected chi connectivity index (χ2v) is 9.61. The van der Waals surface area contributed by atoms with Crippen LogP contribution in [0.2, 0.25) is 0 Å². The minimum absolute atomic E-state index is 0.183. The molecule has 0 spiro atoms. The Bertz CT molecular complexity index is 1180. The lowest BCUT2D eigenvalue weighted by Gasteiger charge is -2.37. The molecule has 1 aliphatic rings. The molecule has 1 aliphatic heterocycles. The number of furan rings is 1. The summed E-state index contributed by atoms with van der Waals surface area (Å²) in [5.41, 5.74) is 1.08. The zero-order valence-corrected chi connectivity index (χ0v) is 18.4. The molecule has 2 atom stereocenters. The van der Waals surface area contributed by atoms with E-state index in [0.29, 0.717) is 23.6 Å². The molecule has 0 amide bonds. The number of nitrogens with one attached hydrogen (secondary N) is 2. The van der Waals surface area contributed by atoms with Gasteiger partial charge in [0, 0.05) is 43.1 Å². The molecule has 4 rings (SSSR count). The SMILES string of the molecule is Cc1ccc(-c2ccc(S(=O)(=O)Nc3cc(N4C[C@@H](C)N[C@@H](C)C4)ccn3)cc2F)o1. The number of aryl methyl sites for hydroxylation is 1. The van der Waals surface area contributed by atoms with Gasteiger partial charge < -0.3 is 14.6 Å². The maximum absolute atomic E-state index is 14.6. The lowest BCUT2D eigenvalue weighted by molar-refractivity contribution is 0.407. The van der Waals surface area contributed by atoms with Crippen LogP contribution in [0.3, 0.4) is 0 Å². The summed E-state index contributed by atoms with van der Waals surface area (Å²) >= 11 is 0. The van der Waals surface area contributed by atoms with Gasteiger partial charge in [0.25, 0.3) is 10.0 Å².